The van der Waals surface area contributed by atoms with Gasteiger partial charge in [0.1, 0.15) is 11.6 Å². The SMILES string of the molecule is N#Cc1cccc(CSc2nc3ccccc3c(=O)n2-c2ccc(F)cc2F)c1. The maximum absolute atomic E-state index is 14.5. The third kappa shape index (κ3) is 3.75. The van der Waals surface area contributed by atoms with Gasteiger partial charge < -0.3 is 0 Å². The van der Waals surface area contributed by atoms with E-state index in [9.17, 15) is 13.6 Å². The fraction of sp³-hybridized carbons (Fsp3) is 0.0455. The first-order valence-electron chi connectivity index (χ1n) is 8.66. The van der Waals surface area contributed by atoms with E-state index in [1.54, 1.807) is 42.5 Å². The molecule has 0 amide bonds. The molecule has 7 heteroatoms. The van der Waals surface area contributed by atoms with E-state index < -0.39 is 17.2 Å². The first-order valence-corrected chi connectivity index (χ1v) is 9.64. The van der Waals surface area contributed by atoms with E-state index in [2.05, 4.69) is 11.1 Å². The van der Waals surface area contributed by atoms with Gasteiger partial charge in [0.05, 0.1) is 28.2 Å². The average Bonchev–Trinajstić information content (AvgIpc) is 2.73. The molecule has 0 saturated heterocycles. The zero-order chi connectivity index (χ0) is 20.4. The molecule has 1 aromatic heterocycles. The molecule has 0 spiro atoms. The van der Waals surface area contributed by atoms with Gasteiger partial charge in [0.15, 0.2) is 5.16 Å². The number of nitriles is 1. The Bertz CT molecular complexity index is 1330. The summed E-state index contributed by atoms with van der Waals surface area (Å²) in [6, 6.07) is 19.0. The van der Waals surface area contributed by atoms with Crippen LogP contribution in [0.15, 0.2) is 76.7 Å². The Kier molecular flexibility index (Phi) is 5.10. The molecule has 4 nitrogen and oxygen atoms in total. The van der Waals surface area contributed by atoms with E-state index in [1.807, 2.05) is 6.07 Å². The summed E-state index contributed by atoms with van der Waals surface area (Å²) < 4.78 is 29.0. The molecule has 29 heavy (non-hydrogen) atoms. The number of nitrogens with zero attached hydrogens (tertiary/aromatic N) is 3. The Morgan fingerprint density at radius 1 is 1.03 bits per heavy atom. The monoisotopic (exact) mass is 405 g/mol. The second kappa shape index (κ2) is 7.86. The van der Waals surface area contributed by atoms with Crippen LogP contribution in [0.5, 0.6) is 0 Å². The van der Waals surface area contributed by atoms with Crippen LogP contribution < -0.4 is 5.56 Å². The first kappa shape index (κ1) is 18.8. The van der Waals surface area contributed by atoms with E-state index in [0.717, 1.165) is 22.3 Å². The predicted octanol–water partition coefficient (Wildman–Crippen LogP) is 4.83. The highest BCUT2D eigenvalue weighted by Gasteiger charge is 2.16. The maximum Gasteiger partial charge on any atom is 0.266 e. The van der Waals surface area contributed by atoms with Crippen molar-refractivity contribution in [1.29, 1.82) is 5.26 Å². The highest BCUT2D eigenvalue weighted by Crippen LogP contribution is 2.26. The summed E-state index contributed by atoms with van der Waals surface area (Å²) in [6.45, 7) is 0. The van der Waals surface area contributed by atoms with Crippen molar-refractivity contribution in [1.82, 2.24) is 9.55 Å². The van der Waals surface area contributed by atoms with Crippen LogP contribution in [0.2, 0.25) is 0 Å². The normalized spacial score (nSPS) is 10.8. The molecule has 4 aromatic rings. The Balaban J connectivity index is 1.85. The summed E-state index contributed by atoms with van der Waals surface area (Å²) in [5.41, 5.74) is 1.38. The second-order valence-electron chi connectivity index (χ2n) is 6.25. The lowest BCUT2D eigenvalue weighted by Crippen LogP contribution is -2.22. The van der Waals surface area contributed by atoms with E-state index in [-0.39, 0.29) is 10.8 Å². The van der Waals surface area contributed by atoms with Crippen LogP contribution in [0.3, 0.4) is 0 Å². The summed E-state index contributed by atoms with van der Waals surface area (Å²) >= 11 is 1.24. The van der Waals surface area contributed by atoms with Crippen molar-refractivity contribution < 1.29 is 8.78 Å². The minimum Gasteiger partial charge on any atom is -0.268 e. The molecular weight excluding hydrogens is 392 g/mol. The van der Waals surface area contributed by atoms with Gasteiger partial charge in [0.25, 0.3) is 5.56 Å². The van der Waals surface area contributed by atoms with Gasteiger partial charge in [-0.05, 0) is 42.0 Å². The van der Waals surface area contributed by atoms with Crippen molar-refractivity contribution in [3.8, 4) is 11.8 Å². The van der Waals surface area contributed by atoms with Crippen LogP contribution in [0.25, 0.3) is 16.6 Å². The van der Waals surface area contributed by atoms with Crippen LogP contribution in [-0.4, -0.2) is 9.55 Å². The molecule has 0 fully saturated rings. The van der Waals surface area contributed by atoms with Crippen LogP contribution in [0.1, 0.15) is 11.1 Å². The molecule has 0 aliphatic carbocycles. The smallest absolute Gasteiger partial charge is 0.266 e. The third-order valence-corrected chi connectivity index (χ3v) is 5.33. The molecule has 4 rings (SSSR count). The van der Waals surface area contributed by atoms with Gasteiger partial charge in [-0.2, -0.15) is 5.26 Å². The number of hydrogen-bond acceptors (Lipinski definition) is 4. The number of para-hydroxylation sites is 1. The van der Waals surface area contributed by atoms with E-state index >= 15 is 0 Å². The molecule has 0 saturated carbocycles. The number of benzene rings is 3. The molecule has 0 radical (unpaired) electrons. The molecule has 0 N–H and O–H groups in total. The van der Waals surface area contributed by atoms with Crippen LogP contribution in [-0.2, 0) is 5.75 Å². The molecule has 0 aliphatic rings. The lowest BCUT2D eigenvalue weighted by molar-refractivity contribution is 0.572. The minimum atomic E-state index is -0.850. The Hall–Kier alpha value is -3.50. The van der Waals surface area contributed by atoms with Gasteiger partial charge in [-0.3, -0.25) is 9.36 Å². The fourth-order valence-electron chi connectivity index (χ4n) is 2.96. The minimum absolute atomic E-state index is 0.0667. The van der Waals surface area contributed by atoms with Crippen LogP contribution in [0, 0.1) is 23.0 Å². The summed E-state index contributed by atoms with van der Waals surface area (Å²) in [5, 5.41) is 9.68. The predicted molar refractivity (Wildman–Crippen MR) is 108 cm³/mol. The lowest BCUT2D eigenvalue weighted by Gasteiger charge is -2.14. The quantitative estimate of drug-likeness (QED) is 0.361. The van der Waals surface area contributed by atoms with Crippen molar-refractivity contribution in [2.24, 2.45) is 0 Å². The zero-order valence-corrected chi connectivity index (χ0v) is 15.8. The molecule has 0 aliphatic heterocycles. The Labute approximate surface area is 169 Å². The molecule has 3 aromatic carbocycles. The number of fused-ring (bicyclic) bond motifs is 1. The van der Waals surface area contributed by atoms with Crippen molar-refractivity contribution >= 4 is 22.7 Å². The largest absolute Gasteiger partial charge is 0.268 e. The Morgan fingerprint density at radius 3 is 2.66 bits per heavy atom. The standard InChI is InChI=1S/C22H13F2N3OS/c23-16-8-9-20(18(24)11-16)27-21(28)17-6-1-2-7-19(17)26-22(27)29-13-15-5-3-4-14(10-15)12-25/h1-11H,13H2. The number of rotatable bonds is 4. The van der Waals surface area contributed by atoms with Gasteiger partial charge >= 0.3 is 0 Å². The highest BCUT2D eigenvalue weighted by molar-refractivity contribution is 7.98. The van der Waals surface area contributed by atoms with Crippen molar-refractivity contribution in [3.63, 3.8) is 0 Å². The average molecular weight is 405 g/mol. The maximum atomic E-state index is 14.5. The van der Waals surface area contributed by atoms with E-state index in [1.165, 1.54) is 17.8 Å². The summed E-state index contributed by atoms with van der Waals surface area (Å²) in [6.07, 6.45) is 0. The molecule has 1 heterocycles. The van der Waals surface area contributed by atoms with Gasteiger partial charge in [0, 0.05) is 11.8 Å². The second-order valence-corrected chi connectivity index (χ2v) is 7.19. The molecule has 0 atom stereocenters. The molecule has 142 valence electrons. The van der Waals surface area contributed by atoms with Crippen LogP contribution >= 0.6 is 11.8 Å². The fourth-order valence-corrected chi connectivity index (χ4v) is 3.91. The highest BCUT2D eigenvalue weighted by atomic mass is 32.2. The lowest BCUT2D eigenvalue weighted by atomic mass is 10.2. The van der Waals surface area contributed by atoms with Crippen molar-refractivity contribution in [2.45, 2.75) is 10.9 Å². The first-order chi connectivity index (χ1) is 14.1. The van der Waals surface area contributed by atoms with Gasteiger partial charge in [-0.25, -0.2) is 13.8 Å². The number of aromatic nitrogens is 2. The molecule has 0 unspecified atom stereocenters. The summed E-state index contributed by atoms with van der Waals surface area (Å²) in [5.74, 6) is -1.16. The van der Waals surface area contributed by atoms with Crippen molar-refractivity contribution in [2.75, 3.05) is 0 Å². The zero-order valence-electron chi connectivity index (χ0n) is 15.0. The van der Waals surface area contributed by atoms with E-state index in [4.69, 9.17) is 5.26 Å². The topological polar surface area (TPSA) is 58.7 Å². The van der Waals surface area contributed by atoms with Gasteiger partial charge in [0.2, 0.25) is 0 Å². The van der Waals surface area contributed by atoms with Gasteiger partial charge in [-0.15, -0.1) is 0 Å². The number of thioether (sulfide) groups is 1. The number of halogens is 2. The Morgan fingerprint density at radius 2 is 1.86 bits per heavy atom. The third-order valence-electron chi connectivity index (χ3n) is 4.32. The van der Waals surface area contributed by atoms with Gasteiger partial charge in [-0.1, -0.05) is 36.0 Å². The number of hydrogen-bond donors (Lipinski definition) is 0. The van der Waals surface area contributed by atoms with Crippen molar-refractivity contribution in [3.05, 3.63) is 99.8 Å². The van der Waals surface area contributed by atoms with E-state index in [0.29, 0.717) is 22.2 Å². The molecular formula is C22H13F2N3OS. The summed E-state index contributed by atoms with van der Waals surface area (Å²) in [7, 11) is 0. The molecule has 0 bridgehead atoms. The van der Waals surface area contributed by atoms with Crippen LogP contribution in [0.4, 0.5) is 8.78 Å². The summed E-state index contributed by atoms with van der Waals surface area (Å²) in [4.78, 5) is 17.6.